The molecule has 120 valence electrons. The minimum Gasteiger partial charge on any atom is -0.477 e. The van der Waals surface area contributed by atoms with E-state index in [-0.39, 0.29) is 0 Å². The van der Waals surface area contributed by atoms with Gasteiger partial charge in [-0.05, 0) is 17.7 Å². The molecule has 0 amide bonds. The molecule has 0 atom stereocenters. The summed E-state index contributed by atoms with van der Waals surface area (Å²) in [6.45, 7) is 0.616. The highest BCUT2D eigenvalue weighted by Gasteiger charge is 2.17. The molecule has 3 aromatic rings. The molecule has 0 fully saturated rings. The Morgan fingerprint density at radius 2 is 1.54 bits per heavy atom. The molecule has 5 heteroatoms. The van der Waals surface area contributed by atoms with Gasteiger partial charge in [-0.3, -0.25) is 0 Å². The van der Waals surface area contributed by atoms with E-state index in [4.69, 9.17) is 10.2 Å². The number of carbonyl (C=O) groups is 2. The van der Waals surface area contributed by atoms with Crippen molar-refractivity contribution in [3.05, 3.63) is 77.5 Å². The average Bonchev–Trinajstić information content (AvgIpc) is 2.91. The van der Waals surface area contributed by atoms with Crippen LogP contribution >= 0.6 is 0 Å². The zero-order chi connectivity index (χ0) is 17.1. The van der Waals surface area contributed by atoms with Crippen molar-refractivity contribution >= 4 is 28.9 Å². The highest BCUT2D eigenvalue weighted by atomic mass is 16.4. The van der Waals surface area contributed by atoms with Gasteiger partial charge >= 0.3 is 11.9 Å². The molecule has 2 aromatic carbocycles. The summed E-state index contributed by atoms with van der Waals surface area (Å²) in [5.41, 5.74) is 1.94. The number of rotatable bonds is 5. The summed E-state index contributed by atoms with van der Waals surface area (Å²) >= 11 is 0. The highest BCUT2D eigenvalue weighted by Crippen LogP contribution is 2.24. The fourth-order valence-corrected chi connectivity index (χ4v) is 2.67. The smallest absolute Gasteiger partial charge is 0.343 e. The maximum Gasteiger partial charge on any atom is 0.343 e. The van der Waals surface area contributed by atoms with E-state index in [1.807, 2.05) is 59.2 Å². The Morgan fingerprint density at radius 3 is 2.21 bits per heavy atom. The van der Waals surface area contributed by atoms with Crippen LogP contribution in [0.15, 0.2) is 66.4 Å². The molecule has 1 aromatic heterocycles. The Labute approximate surface area is 138 Å². The quantitative estimate of drug-likeness (QED) is 0.429. The highest BCUT2D eigenvalue weighted by molar-refractivity contribution is 6.17. The lowest BCUT2D eigenvalue weighted by molar-refractivity contribution is -0.140. The monoisotopic (exact) mass is 321 g/mol. The third-order valence-electron chi connectivity index (χ3n) is 3.78. The van der Waals surface area contributed by atoms with Gasteiger partial charge < -0.3 is 14.8 Å². The van der Waals surface area contributed by atoms with Crippen molar-refractivity contribution in [1.29, 1.82) is 0 Å². The van der Waals surface area contributed by atoms with Gasteiger partial charge in [-0.2, -0.15) is 0 Å². The SMILES string of the molecule is O=C(O)C(=Cc1cn(Cc2ccccc2)c2ccccc12)C(=O)O. The summed E-state index contributed by atoms with van der Waals surface area (Å²) in [5, 5.41) is 18.9. The zero-order valence-corrected chi connectivity index (χ0v) is 12.7. The van der Waals surface area contributed by atoms with Crippen molar-refractivity contribution in [1.82, 2.24) is 4.57 Å². The van der Waals surface area contributed by atoms with Crippen LogP contribution < -0.4 is 0 Å². The van der Waals surface area contributed by atoms with Crippen LogP contribution in [0.2, 0.25) is 0 Å². The molecule has 1 heterocycles. The molecule has 0 saturated carbocycles. The first-order valence-electron chi connectivity index (χ1n) is 7.36. The van der Waals surface area contributed by atoms with Crippen LogP contribution in [0.3, 0.4) is 0 Å². The van der Waals surface area contributed by atoms with Gasteiger partial charge in [-0.15, -0.1) is 0 Å². The van der Waals surface area contributed by atoms with Gasteiger partial charge in [-0.25, -0.2) is 9.59 Å². The molecule has 0 aliphatic rings. The lowest BCUT2D eigenvalue weighted by atomic mass is 10.1. The van der Waals surface area contributed by atoms with E-state index in [0.717, 1.165) is 16.5 Å². The van der Waals surface area contributed by atoms with Crippen molar-refractivity contribution in [3.63, 3.8) is 0 Å². The standard InChI is InChI=1S/C19H15NO4/c21-18(22)16(19(23)24)10-14-12-20(11-13-6-2-1-3-7-13)17-9-5-4-8-15(14)17/h1-10,12H,11H2,(H,21,22)(H,23,24). The molecule has 24 heavy (non-hydrogen) atoms. The van der Waals surface area contributed by atoms with Crippen molar-refractivity contribution in [2.75, 3.05) is 0 Å². The lowest BCUT2D eigenvalue weighted by Gasteiger charge is -2.05. The molecule has 0 bridgehead atoms. The van der Waals surface area contributed by atoms with Gasteiger partial charge in [0.1, 0.15) is 5.57 Å². The van der Waals surface area contributed by atoms with E-state index in [1.165, 1.54) is 6.08 Å². The Morgan fingerprint density at radius 1 is 0.917 bits per heavy atom. The summed E-state index contributed by atoms with van der Waals surface area (Å²) < 4.78 is 1.98. The van der Waals surface area contributed by atoms with Crippen molar-refractivity contribution in [2.45, 2.75) is 6.54 Å². The van der Waals surface area contributed by atoms with Gasteiger partial charge in [0.05, 0.1) is 0 Å². The van der Waals surface area contributed by atoms with Crippen molar-refractivity contribution < 1.29 is 19.8 Å². The molecular weight excluding hydrogens is 306 g/mol. The Kier molecular flexibility index (Phi) is 4.16. The van der Waals surface area contributed by atoms with Crippen LogP contribution in [0.5, 0.6) is 0 Å². The topological polar surface area (TPSA) is 79.5 Å². The summed E-state index contributed by atoms with van der Waals surface area (Å²) in [6, 6.07) is 17.4. The number of hydrogen-bond donors (Lipinski definition) is 2. The van der Waals surface area contributed by atoms with Crippen LogP contribution in [-0.2, 0) is 16.1 Å². The van der Waals surface area contributed by atoms with E-state index < -0.39 is 17.5 Å². The molecule has 0 spiro atoms. The first-order chi connectivity index (χ1) is 11.6. The number of fused-ring (bicyclic) bond motifs is 1. The van der Waals surface area contributed by atoms with Gasteiger partial charge in [0.2, 0.25) is 0 Å². The number of aliphatic carboxylic acids is 2. The molecule has 3 rings (SSSR count). The third kappa shape index (κ3) is 3.05. The maximum absolute atomic E-state index is 11.1. The molecule has 2 N–H and O–H groups in total. The number of para-hydroxylation sites is 1. The Balaban J connectivity index is 2.12. The second-order valence-corrected chi connectivity index (χ2v) is 5.38. The summed E-state index contributed by atoms with van der Waals surface area (Å²) in [4.78, 5) is 22.2. The fraction of sp³-hybridized carbons (Fsp3) is 0.0526. The van der Waals surface area contributed by atoms with E-state index in [9.17, 15) is 9.59 Å². The van der Waals surface area contributed by atoms with Crippen LogP contribution in [0.25, 0.3) is 17.0 Å². The number of aromatic nitrogens is 1. The predicted octanol–water partition coefficient (Wildman–Crippen LogP) is 3.24. The van der Waals surface area contributed by atoms with E-state index in [1.54, 1.807) is 6.20 Å². The van der Waals surface area contributed by atoms with Crippen LogP contribution in [-0.4, -0.2) is 26.7 Å². The van der Waals surface area contributed by atoms with Crippen molar-refractivity contribution in [3.8, 4) is 0 Å². The molecule has 0 unspecified atom stereocenters. The van der Waals surface area contributed by atoms with Crippen LogP contribution in [0.4, 0.5) is 0 Å². The number of benzene rings is 2. The van der Waals surface area contributed by atoms with Crippen LogP contribution in [0, 0.1) is 0 Å². The Bertz CT molecular complexity index is 922. The lowest BCUT2D eigenvalue weighted by Crippen LogP contribution is -2.10. The largest absolute Gasteiger partial charge is 0.477 e. The van der Waals surface area contributed by atoms with Gasteiger partial charge in [-0.1, -0.05) is 48.5 Å². The molecular formula is C19H15NO4. The third-order valence-corrected chi connectivity index (χ3v) is 3.78. The average molecular weight is 321 g/mol. The first-order valence-corrected chi connectivity index (χ1v) is 7.36. The van der Waals surface area contributed by atoms with E-state index >= 15 is 0 Å². The zero-order valence-electron chi connectivity index (χ0n) is 12.7. The second kappa shape index (κ2) is 6.42. The normalized spacial score (nSPS) is 10.5. The molecule has 0 saturated heterocycles. The number of hydrogen-bond acceptors (Lipinski definition) is 2. The minimum atomic E-state index is -1.46. The first kappa shape index (κ1) is 15.6. The molecule has 0 aliphatic carbocycles. The number of carboxylic acids is 2. The van der Waals surface area contributed by atoms with E-state index in [2.05, 4.69) is 0 Å². The van der Waals surface area contributed by atoms with Gasteiger partial charge in [0, 0.05) is 29.2 Å². The second-order valence-electron chi connectivity index (χ2n) is 5.38. The summed E-state index contributed by atoms with van der Waals surface area (Å²) in [5.74, 6) is -2.91. The van der Waals surface area contributed by atoms with Crippen molar-refractivity contribution in [2.24, 2.45) is 0 Å². The van der Waals surface area contributed by atoms with Crippen LogP contribution in [0.1, 0.15) is 11.1 Å². The number of nitrogens with zero attached hydrogens (tertiary/aromatic N) is 1. The fourth-order valence-electron chi connectivity index (χ4n) is 2.67. The van der Waals surface area contributed by atoms with Gasteiger partial charge in [0.15, 0.2) is 0 Å². The molecule has 0 radical (unpaired) electrons. The number of carboxylic acid groups (broad SMARTS) is 2. The molecule has 0 aliphatic heterocycles. The Hall–Kier alpha value is -3.34. The van der Waals surface area contributed by atoms with E-state index in [0.29, 0.717) is 12.1 Å². The summed E-state index contributed by atoms with van der Waals surface area (Å²) in [6.07, 6.45) is 2.98. The minimum absolute atomic E-state index is 0.571. The van der Waals surface area contributed by atoms with Gasteiger partial charge in [0.25, 0.3) is 0 Å². The summed E-state index contributed by atoms with van der Waals surface area (Å²) in [7, 11) is 0. The molecule has 5 nitrogen and oxygen atoms in total. The predicted molar refractivity (Wildman–Crippen MR) is 90.7 cm³/mol. The maximum atomic E-state index is 11.1.